The summed E-state index contributed by atoms with van der Waals surface area (Å²) < 4.78 is 1.33. The van der Waals surface area contributed by atoms with Crippen LogP contribution in [0.25, 0.3) is 5.69 Å². The van der Waals surface area contributed by atoms with Gasteiger partial charge in [-0.1, -0.05) is 49.9 Å². The minimum absolute atomic E-state index is 0.0617. The van der Waals surface area contributed by atoms with Gasteiger partial charge in [0.2, 0.25) is 5.91 Å². The maximum absolute atomic E-state index is 12.3. The van der Waals surface area contributed by atoms with Gasteiger partial charge in [-0.05, 0) is 48.7 Å². The van der Waals surface area contributed by atoms with Crippen LogP contribution in [0.5, 0.6) is 0 Å². The van der Waals surface area contributed by atoms with E-state index in [2.05, 4.69) is 24.3 Å². The Morgan fingerprint density at radius 3 is 2.47 bits per heavy atom. The number of Topliss-reactive ketones (excluding diaryl/α,β-unsaturated/α-hetero) is 1. The lowest BCUT2D eigenvalue weighted by molar-refractivity contribution is -0.113. The van der Waals surface area contributed by atoms with Crippen LogP contribution >= 0.6 is 11.8 Å². The third kappa shape index (κ3) is 5.45. The van der Waals surface area contributed by atoms with E-state index in [0.29, 0.717) is 27.9 Å². The number of anilines is 1. The van der Waals surface area contributed by atoms with E-state index in [1.165, 1.54) is 35.0 Å². The molecule has 0 bridgehead atoms. The van der Waals surface area contributed by atoms with Crippen molar-refractivity contribution in [3.63, 3.8) is 0 Å². The van der Waals surface area contributed by atoms with Crippen LogP contribution in [-0.2, 0) is 4.79 Å². The Kier molecular flexibility index (Phi) is 6.84. The number of thioether (sulfide) groups is 1. The van der Waals surface area contributed by atoms with Crippen LogP contribution in [0.2, 0.25) is 0 Å². The number of carbonyl (C=O) groups excluding carboxylic acids is 2. The van der Waals surface area contributed by atoms with E-state index < -0.39 is 0 Å². The Labute approximate surface area is 179 Å². The first-order valence-corrected chi connectivity index (χ1v) is 10.6. The summed E-state index contributed by atoms with van der Waals surface area (Å²) in [5.41, 5.74) is 2.73. The number of aromatic nitrogens is 2. The van der Waals surface area contributed by atoms with Crippen LogP contribution in [0.3, 0.4) is 0 Å². The minimum atomic E-state index is -0.234. The third-order valence-electron chi connectivity index (χ3n) is 4.48. The zero-order valence-electron chi connectivity index (χ0n) is 17.1. The smallest absolute Gasteiger partial charge is 0.271 e. The topological polar surface area (TPSA) is 81.1 Å². The lowest BCUT2D eigenvalue weighted by atomic mass is 10.0. The summed E-state index contributed by atoms with van der Waals surface area (Å²) >= 11 is 1.23. The van der Waals surface area contributed by atoms with E-state index in [9.17, 15) is 14.4 Å². The first kappa shape index (κ1) is 21.5. The number of nitrogens with zero attached hydrogens (tertiary/aromatic N) is 2. The van der Waals surface area contributed by atoms with Gasteiger partial charge in [-0.2, -0.15) is 9.78 Å². The van der Waals surface area contributed by atoms with Crippen LogP contribution in [0, 0.1) is 0 Å². The maximum Gasteiger partial charge on any atom is 0.271 e. The molecule has 7 heteroatoms. The van der Waals surface area contributed by atoms with Gasteiger partial charge < -0.3 is 5.32 Å². The normalized spacial score (nSPS) is 10.8. The van der Waals surface area contributed by atoms with E-state index in [1.54, 1.807) is 30.3 Å². The predicted molar refractivity (Wildman–Crippen MR) is 120 cm³/mol. The van der Waals surface area contributed by atoms with Crippen LogP contribution in [0.4, 0.5) is 5.69 Å². The van der Waals surface area contributed by atoms with E-state index >= 15 is 0 Å². The van der Waals surface area contributed by atoms with Crippen molar-refractivity contribution in [1.82, 2.24) is 9.78 Å². The first-order chi connectivity index (χ1) is 14.3. The van der Waals surface area contributed by atoms with Crippen molar-refractivity contribution in [1.29, 1.82) is 0 Å². The highest BCUT2D eigenvalue weighted by Crippen LogP contribution is 2.18. The van der Waals surface area contributed by atoms with E-state index in [1.807, 2.05) is 24.3 Å². The average molecular weight is 422 g/mol. The van der Waals surface area contributed by atoms with Crippen molar-refractivity contribution in [3.8, 4) is 5.69 Å². The number of rotatable bonds is 7. The van der Waals surface area contributed by atoms with E-state index in [0.717, 1.165) is 0 Å². The molecule has 1 heterocycles. The number of ketones is 1. The summed E-state index contributed by atoms with van der Waals surface area (Å²) in [6.45, 7) is 5.70. The highest BCUT2D eigenvalue weighted by Gasteiger charge is 2.09. The van der Waals surface area contributed by atoms with Crippen LogP contribution in [0.1, 0.15) is 42.6 Å². The SMILES string of the molecule is CC(=O)c1cccc(NC(=O)CSc2ccc(=O)n(-c3ccc(C(C)C)cc3)n2)c1. The minimum Gasteiger partial charge on any atom is -0.325 e. The summed E-state index contributed by atoms with van der Waals surface area (Å²) in [5.74, 6) is 0.247. The largest absolute Gasteiger partial charge is 0.325 e. The summed E-state index contributed by atoms with van der Waals surface area (Å²) in [5, 5.41) is 7.71. The average Bonchev–Trinajstić information content (AvgIpc) is 2.73. The number of amides is 1. The molecule has 0 unspecified atom stereocenters. The third-order valence-corrected chi connectivity index (χ3v) is 5.40. The number of benzene rings is 2. The number of hydrogen-bond acceptors (Lipinski definition) is 5. The lowest BCUT2D eigenvalue weighted by Gasteiger charge is -2.09. The molecule has 1 N–H and O–H groups in total. The van der Waals surface area contributed by atoms with E-state index in [-0.39, 0.29) is 23.0 Å². The summed E-state index contributed by atoms with van der Waals surface area (Å²) in [7, 11) is 0. The maximum atomic E-state index is 12.3. The molecule has 154 valence electrons. The number of nitrogens with one attached hydrogen (secondary N) is 1. The molecule has 6 nitrogen and oxygen atoms in total. The van der Waals surface area contributed by atoms with Crippen LogP contribution in [-0.4, -0.2) is 27.2 Å². The molecular weight excluding hydrogens is 398 g/mol. The van der Waals surface area contributed by atoms with Gasteiger partial charge in [-0.3, -0.25) is 14.4 Å². The molecule has 3 aromatic rings. The Bertz CT molecular complexity index is 1120. The van der Waals surface area contributed by atoms with Gasteiger partial charge in [0, 0.05) is 17.3 Å². The standard InChI is InChI=1S/C23H23N3O3S/c1-15(2)17-7-9-20(10-8-17)26-23(29)12-11-22(25-26)30-14-21(28)24-19-6-4-5-18(13-19)16(3)27/h4-13,15H,14H2,1-3H3,(H,24,28). The fourth-order valence-corrected chi connectivity index (χ4v) is 3.46. The fraction of sp³-hybridized carbons (Fsp3) is 0.217. The molecule has 0 atom stereocenters. The molecule has 3 rings (SSSR count). The molecule has 1 amide bonds. The quantitative estimate of drug-likeness (QED) is 0.455. The van der Waals surface area contributed by atoms with Gasteiger partial charge in [0.15, 0.2) is 5.78 Å². The zero-order valence-corrected chi connectivity index (χ0v) is 17.9. The second-order valence-electron chi connectivity index (χ2n) is 7.14. The molecule has 0 saturated heterocycles. The highest BCUT2D eigenvalue weighted by molar-refractivity contribution is 7.99. The number of hydrogen-bond donors (Lipinski definition) is 1. The van der Waals surface area contributed by atoms with Gasteiger partial charge in [-0.25, -0.2) is 0 Å². The second kappa shape index (κ2) is 9.54. The molecule has 0 fully saturated rings. The predicted octanol–water partition coefficient (Wildman–Crippen LogP) is 4.29. The Hall–Kier alpha value is -3.19. The Morgan fingerprint density at radius 1 is 1.07 bits per heavy atom. The molecular formula is C23H23N3O3S. The monoisotopic (exact) mass is 421 g/mol. The molecule has 2 aromatic carbocycles. The molecule has 0 aliphatic heterocycles. The van der Waals surface area contributed by atoms with Gasteiger partial charge in [0.1, 0.15) is 5.03 Å². The summed E-state index contributed by atoms with van der Waals surface area (Å²) in [6, 6.07) is 17.6. The lowest BCUT2D eigenvalue weighted by Crippen LogP contribution is -2.21. The summed E-state index contributed by atoms with van der Waals surface area (Å²) in [4.78, 5) is 36.0. The Balaban J connectivity index is 1.68. The Morgan fingerprint density at radius 2 is 1.80 bits per heavy atom. The van der Waals surface area contributed by atoms with Crippen molar-refractivity contribution in [2.24, 2.45) is 0 Å². The van der Waals surface area contributed by atoms with Crippen molar-refractivity contribution in [2.45, 2.75) is 31.7 Å². The van der Waals surface area contributed by atoms with Crippen molar-refractivity contribution in [3.05, 3.63) is 82.1 Å². The fourth-order valence-electron chi connectivity index (χ4n) is 2.81. The van der Waals surface area contributed by atoms with Gasteiger partial charge in [-0.15, -0.1) is 0 Å². The molecule has 0 aliphatic carbocycles. The van der Waals surface area contributed by atoms with Crippen molar-refractivity contribution >= 4 is 29.1 Å². The molecule has 0 saturated carbocycles. The molecule has 0 radical (unpaired) electrons. The molecule has 30 heavy (non-hydrogen) atoms. The van der Waals surface area contributed by atoms with Gasteiger partial charge in [0.25, 0.3) is 5.56 Å². The van der Waals surface area contributed by atoms with Crippen LogP contribution in [0.15, 0.2) is 70.5 Å². The van der Waals surface area contributed by atoms with Gasteiger partial charge in [0.05, 0.1) is 11.4 Å². The van der Waals surface area contributed by atoms with Gasteiger partial charge >= 0.3 is 0 Å². The van der Waals surface area contributed by atoms with Crippen molar-refractivity contribution in [2.75, 3.05) is 11.1 Å². The summed E-state index contributed by atoms with van der Waals surface area (Å²) in [6.07, 6.45) is 0. The highest BCUT2D eigenvalue weighted by atomic mass is 32.2. The van der Waals surface area contributed by atoms with E-state index in [4.69, 9.17) is 0 Å². The molecule has 0 aliphatic rings. The molecule has 0 spiro atoms. The van der Waals surface area contributed by atoms with Crippen molar-refractivity contribution < 1.29 is 9.59 Å². The molecule has 1 aromatic heterocycles. The second-order valence-corrected chi connectivity index (χ2v) is 8.14. The zero-order chi connectivity index (χ0) is 21.7. The van der Waals surface area contributed by atoms with Crippen LogP contribution < -0.4 is 10.9 Å². The first-order valence-electron chi connectivity index (χ1n) is 9.58. The number of carbonyl (C=O) groups is 2.